The normalized spacial score (nSPS) is 10.0. The van der Waals surface area contributed by atoms with Crippen LogP contribution in [0.3, 0.4) is 0 Å². The highest BCUT2D eigenvalue weighted by Crippen LogP contribution is 2.01. The van der Waals surface area contributed by atoms with Gasteiger partial charge >= 0.3 is 6.01 Å². The van der Waals surface area contributed by atoms with Crippen LogP contribution in [0.1, 0.15) is 0 Å². The fourth-order valence-corrected chi connectivity index (χ4v) is 0.579. The van der Waals surface area contributed by atoms with Crippen LogP contribution in [0.25, 0.3) is 0 Å². The molecule has 2 N–H and O–H groups in total. The Morgan fingerprint density at radius 2 is 2.64 bits per heavy atom. The Bertz CT molecular complexity index is 188. The maximum absolute atomic E-state index is 5.48. The molecule has 0 saturated carbocycles. The molecule has 1 rings (SSSR count). The van der Waals surface area contributed by atoms with Gasteiger partial charge in [0.2, 0.25) is 0 Å². The maximum Gasteiger partial charge on any atom is 0.337 e. The van der Waals surface area contributed by atoms with Crippen molar-refractivity contribution in [2.24, 2.45) is 5.84 Å². The van der Waals surface area contributed by atoms with Crippen molar-refractivity contribution in [3.05, 3.63) is 6.33 Å². The molecule has 0 unspecified atom stereocenters. The number of anilines is 1. The summed E-state index contributed by atoms with van der Waals surface area (Å²) in [5.74, 6) is 5.48. The molecule has 0 bridgehead atoms. The first-order chi connectivity index (χ1) is 5.34. The molecule has 62 valence electrons. The monoisotopic (exact) mass is 158 g/mol. The summed E-state index contributed by atoms with van der Waals surface area (Å²) in [6, 6.07) is 0.294. The number of nitrogens with zero attached hydrogens (tertiary/aromatic N) is 3. The molecule has 1 heterocycles. The predicted molar refractivity (Wildman–Crippen MR) is 37.7 cm³/mol. The van der Waals surface area contributed by atoms with Gasteiger partial charge in [-0.25, -0.2) is 5.84 Å². The molecule has 1 aromatic heterocycles. The molecule has 11 heavy (non-hydrogen) atoms. The summed E-state index contributed by atoms with van der Waals surface area (Å²) in [5, 5.41) is 4.73. The highest BCUT2D eigenvalue weighted by molar-refractivity contribution is 5.18. The van der Waals surface area contributed by atoms with E-state index in [1.807, 2.05) is 0 Å². The van der Waals surface area contributed by atoms with Crippen LogP contribution < -0.4 is 10.9 Å². The van der Waals surface area contributed by atoms with Crippen LogP contribution in [0, 0.1) is 0 Å². The third kappa shape index (κ3) is 2.17. The van der Waals surface area contributed by atoms with Crippen molar-refractivity contribution in [2.75, 3.05) is 25.3 Å². The van der Waals surface area contributed by atoms with Crippen molar-refractivity contribution in [1.29, 1.82) is 0 Å². The minimum absolute atomic E-state index is 0.294. The minimum Gasteiger partial charge on any atom is -0.383 e. The molecule has 0 radical (unpaired) electrons. The van der Waals surface area contributed by atoms with E-state index in [2.05, 4.69) is 14.7 Å². The molecule has 0 atom stereocenters. The standard InChI is InChI=1S/C5H10N4O2/c1-10-3-2-9(6)5-7-4-8-11-5/h4H,2-3,6H2,1H3. The van der Waals surface area contributed by atoms with Crippen LogP contribution in [-0.2, 0) is 4.74 Å². The first-order valence-electron chi connectivity index (χ1n) is 3.12. The average molecular weight is 158 g/mol. The van der Waals surface area contributed by atoms with Gasteiger partial charge in [-0.05, 0) is 0 Å². The van der Waals surface area contributed by atoms with E-state index in [0.29, 0.717) is 19.2 Å². The molecule has 0 aliphatic carbocycles. The molecule has 0 saturated heterocycles. The number of aromatic nitrogens is 2. The summed E-state index contributed by atoms with van der Waals surface area (Å²) in [7, 11) is 1.60. The van der Waals surface area contributed by atoms with Gasteiger partial charge in [-0.15, -0.1) is 0 Å². The second-order valence-corrected chi connectivity index (χ2v) is 1.91. The number of hydrogen-bond acceptors (Lipinski definition) is 6. The Hall–Kier alpha value is -1.14. The molecule has 6 heteroatoms. The number of ether oxygens (including phenoxy) is 1. The highest BCUT2D eigenvalue weighted by Gasteiger charge is 2.04. The van der Waals surface area contributed by atoms with Gasteiger partial charge < -0.3 is 9.26 Å². The molecule has 0 fully saturated rings. The van der Waals surface area contributed by atoms with Crippen molar-refractivity contribution in [2.45, 2.75) is 0 Å². The zero-order valence-electron chi connectivity index (χ0n) is 6.23. The van der Waals surface area contributed by atoms with Crippen molar-refractivity contribution >= 4 is 6.01 Å². The van der Waals surface area contributed by atoms with Crippen LogP contribution in [0.15, 0.2) is 10.9 Å². The van der Waals surface area contributed by atoms with E-state index in [1.54, 1.807) is 7.11 Å². The Kier molecular flexibility index (Phi) is 2.82. The lowest BCUT2D eigenvalue weighted by atomic mass is 10.7. The van der Waals surface area contributed by atoms with Crippen LogP contribution in [0.5, 0.6) is 0 Å². The van der Waals surface area contributed by atoms with Crippen molar-refractivity contribution in [3.63, 3.8) is 0 Å². The van der Waals surface area contributed by atoms with Gasteiger partial charge in [0.25, 0.3) is 0 Å². The Morgan fingerprint density at radius 1 is 1.82 bits per heavy atom. The topological polar surface area (TPSA) is 77.4 Å². The Balaban J connectivity index is 2.36. The third-order valence-corrected chi connectivity index (χ3v) is 1.13. The van der Waals surface area contributed by atoms with Gasteiger partial charge in [-0.3, -0.25) is 5.01 Å². The van der Waals surface area contributed by atoms with Crippen LogP contribution in [0.2, 0.25) is 0 Å². The SMILES string of the molecule is COCCN(N)c1ncno1. The summed E-state index contributed by atoms with van der Waals surface area (Å²) in [4.78, 5) is 3.74. The van der Waals surface area contributed by atoms with Crippen molar-refractivity contribution in [3.8, 4) is 0 Å². The number of rotatable bonds is 4. The minimum atomic E-state index is 0.294. The first-order valence-corrected chi connectivity index (χ1v) is 3.12. The van der Waals surface area contributed by atoms with E-state index in [1.165, 1.54) is 11.3 Å². The molecule has 1 aromatic rings. The summed E-state index contributed by atoms with van der Waals surface area (Å²) < 4.78 is 9.48. The smallest absolute Gasteiger partial charge is 0.337 e. The molecule has 0 aliphatic rings. The van der Waals surface area contributed by atoms with E-state index in [0.717, 1.165) is 0 Å². The van der Waals surface area contributed by atoms with E-state index in [4.69, 9.17) is 10.6 Å². The van der Waals surface area contributed by atoms with Gasteiger partial charge in [-0.2, -0.15) is 4.98 Å². The molecule has 6 nitrogen and oxygen atoms in total. The van der Waals surface area contributed by atoms with E-state index in [-0.39, 0.29) is 0 Å². The molecular formula is C5H10N4O2. The molecular weight excluding hydrogens is 148 g/mol. The largest absolute Gasteiger partial charge is 0.383 e. The highest BCUT2D eigenvalue weighted by atomic mass is 16.5. The van der Waals surface area contributed by atoms with Crippen LogP contribution >= 0.6 is 0 Å². The zero-order valence-corrected chi connectivity index (χ0v) is 6.23. The van der Waals surface area contributed by atoms with Crippen LogP contribution in [-0.4, -0.2) is 30.4 Å². The van der Waals surface area contributed by atoms with Crippen molar-refractivity contribution < 1.29 is 9.26 Å². The number of hydrazine groups is 1. The summed E-state index contributed by atoms with van der Waals surface area (Å²) in [5.41, 5.74) is 0. The van der Waals surface area contributed by atoms with E-state index in [9.17, 15) is 0 Å². The number of hydrogen-bond donors (Lipinski definition) is 1. The molecule has 0 aromatic carbocycles. The fourth-order valence-electron chi connectivity index (χ4n) is 0.579. The summed E-state index contributed by atoms with van der Waals surface area (Å²) in [6.45, 7) is 1.05. The quantitative estimate of drug-likeness (QED) is 0.465. The lowest BCUT2D eigenvalue weighted by Gasteiger charge is -2.10. The molecule has 0 aliphatic heterocycles. The predicted octanol–water partition coefficient (Wildman–Crippen LogP) is -0.604. The molecule has 0 spiro atoms. The van der Waals surface area contributed by atoms with E-state index < -0.39 is 0 Å². The first kappa shape index (κ1) is 7.96. The zero-order chi connectivity index (χ0) is 8.10. The van der Waals surface area contributed by atoms with Gasteiger partial charge in [0, 0.05) is 7.11 Å². The number of nitrogens with two attached hydrogens (primary N) is 1. The van der Waals surface area contributed by atoms with Crippen molar-refractivity contribution in [1.82, 2.24) is 10.1 Å². The van der Waals surface area contributed by atoms with E-state index >= 15 is 0 Å². The summed E-state index contributed by atoms with van der Waals surface area (Å²) in [6.07, 6.45) is 1.29. The average Bonchev–Trinajstić information content (AvgIpc) is 2.52. The fraction of sp³-hybridized carbons (Fsp3) is 0.600. The lowest BCUT2D eigenvalue weighted by molar-refractivity contribution is 0.203. The Morgan fingerprint density at radius 3 is 3.18 bits per heavy atom. The second kappa shape index (κ2) is 3.89. The van der Waals surface area contributed by atoms with Gasteiger partial charge in [0.05, 0.1) is 13.2 Å². The van der Waals surface area contributed by atoms with Gasteiger partial charge in [0.15, 0.2) is 6.33 Å². The Labute approximate surface area is 63.9 Å². The number of methoxy groups -OCH3 is 1. The second-order valence-electron chi connectivity index (χ2n) is 1.91. The van der Waals surface area contributed by atoms with Gasteiger partial charge in [-0.1, -0.05) is 5.16 Å². The maximum atomic E-state index is 5.48. The third-order valence-electron chi connectivity index (χ3n) is 1.13. The van der Waals surface area contributed by atoms with Crippen LogP contribution in [0.4, 0.5) is 6.01 Å². The van der Waals surface area contributed by atoms with Gasteiger partial charge in [0.1, 0.15) is 0 Å². The lowest BCUT2D eigenvalue weighted by Crippen LogP contribution is -2.34. The molecule has 0 amide bonds. The summed E-state index contributed by atoms with van der Waals surface area (Å²) >= 11 is 0.